The first-order valence-corrected chi connectivity index (χ1v) is 7.36. The van der Waals surface area contributed by atoms with Crippen molar-refractivity contribution >= 4 is 0 Å². The normalized spacial score (nSPS) is 21.6. The van der Waals surface area contributed by atoms with E-state index in [4.69, 9.17) is 10.5 Å². The van der Waals surface area contributed by atoms with Gasteiger partial charge < -0.3 is 10.5 Å². The zero-order valence-electron chi connectivity index (χ0n) is 12.6. The van der Waals surface area contributed by atoms with Gasteiger partial charge in [0.25, 0.3) is 0 Å². The van der Waals surface area contributed by atoms with Crippen LogP contribution >= 0.6 is 0 Å². The Bertz CT molecular complexity index is 715. The molecule has 1 fully saturated rings. The molecule has 122 valence electrons. The Morgan fingerprint density at radius 2 is 1.96 bits per heavy atom. The summed E-state index contributed by atoms with van der Waals surface area (Å²) in [5.41, 5.74) is 7.46. The smallest absolute Gasteiger partial charge is 0.372 e. The van der Waals surface area contributed by atoms with Gasteiger partial charge in [-0.25, -0.2) is 0 Å². The van der Waals surface area contributed by atoms with E-state index >= 15 is 0 Å². The van der Waals surface area contributed by atoms with Crippen molar-refractivity contribution in [2.75, 3.05) is 6.61 Å². The number of hydrogen-bond donors (Lipinski definition) is 1. The van der Waals surface area contributed by atoms with Crippen LogP contribution in [-0.4, -0.2) is 17.6 Å². The number of rotatable bonds is 2. The molecule has 2 N–H and O–H groups in total. The summed E-state index contributed by atoms with van der Waals surface area (Å²) in [6, 6.07) is 5.98. The SMILES string of the molecule is Cc1ccc(-c2cncc([C@@H]3OCC[C@H]3N)c2)cc1C(F)(F)F. The number of nitrogens with two attached hydrogens (primary N) is 1. The number of nitrogens with zero attached hydrogens (tertiary/aromatic N) is 1. The Morgan fingerprint density at radius 1 is 1.17 bits per heavy atom. The van der Waals surface area contributed by atoms with Crippen LogP contribution in [0.2, 0.25) is 0 Å². The van der Waals surface area contributed by atoms with Crippen molar-refractivity contribution in [3.63, 3.8) is 0 Å². The second-order valence-corrected chi connectivity index (χ2v) is 5.78. The zero-order valence-corrected chi connectivity index (χ0v) is 12.6. The van der Waals surface area contributed by atoms with Crippen LogP contribution in [0.15, 0.2) is 36.7 Å². The van der Waals surface area contributed by atoms with Gasteiger partial charge in [0.1, 0.15) is 0 Å². The van der Waals surface area contributed by atoms with Gasteiger partial charge in [-0.15, -0.1) is 0 Å². The highest BCUT2D eigenvalue weighted by atomic mass is 19.4. The first kappa shape index (κ1) is 16.0. The Labute approximate surface area is 132 Å². The Hall–Kier alpha value is -1.92. The van der Waals surface area contributed by atoms with E-state index in [1.165, 1.54) is 13.0 Å². The number of pyridine rings is 1. The molecule has 3 nitrogen and oxygen atoms in total. The molecule has 1 aliphatic rings. The zero-order chi connectivity index (χ0) is 16.6. The number of ether oxygens (including phenoxy) is 1. The van der Waals surface area contributed by atoms with Gasteiger partial charge in [-0.3, -0.25) is 4.98 Å². The molecule has 0 saturated carbocycles. The first-order chi connectivity index (χ1) is 10.9. The maximum atomic E-state index is 13.1. The molecule has 1 aromatic carbocycles. The Morgan fingerprint density at radius 3 is 2.61 bits per heavy atom. The van der Waals surface area contributed by atoms with E-state index < -0.39 is 11.7 Å². The minimum Gasteiger partial charge on any atom is -0.372 e. The molecule has 1 aliphatic heterocycles. The lowest BCUT2D eigenvalue weighted by atomic mass is 9.97. The number of alkyl halides is 3. The third kappa shape index (κ3) is 3.23. The van der Waals surface area contributed by atoms with Crippen LogP contribution in [0.5, 0.6) is 0 Å². The van der Waals surface area contributed by atoms with E-state index in [0.717, 1.165) is 18.1 Å². The average Bonchev–Trinajstić information content (AvgIpc) is 2.93. The predicted octanol–water partition coefficient (Wildman–Crippen LogP) is 3.86. The predicted molar refractivity (Wildman–Crippen MR) is 80.7 cm³/mol. The van der Waals surface area contributed by atoms with Crippen molar-refractivity contribution < 1.29 is 17.9 Å². The highest BCUT2D eigenvalue weighted by Gasteiger charge is 2.32. The first-order valence-electron chi connectivity index (χ1n) is 7.36. The second kappa shape index (κ2) is 5.94. The van der Waals surface area contributed by atoms with Crippen LogP contribution in [0.4, 0.5) is 13.2 Å². The highest BCUT2D eigenvalue weighted by Crippen LogP contribution is 2.35. The summed E-state index contributed by atoms with van der Waals surface area (Å²) in [6.45, 7) is 2.03. The number of aryl methyl sites for hydroxylation is 1. The second-order valence-electron chi connectivity index (χ2n) is 5.78. The van der Waals surface area contributed by atoms with E-state index in [-0.39, 0.29) is 17.7 Å². The third-order valence-corrected chi connectivity index (χ3v) is 4.10. The quantitative estimate of drug-likeness (QED) is 0.913. The lowest BCUT2D eigenvalue weighted by Crippen LogP contribution is -2.23. The van der Waals surface area contributed by atoms with Crippen LogP contribution in [-0.2, 0) is 10.9 Å². The molecule has 2 atom stereocenters. The molecule has 0 unspecified atom stereocenters. The van der Waals surface area contributed by atoms with E-state index in [1.807, 2.05) is 0 Å². The molecule has 0 aliphatic carbocycles. The summed E-state index contributed by atoms with van der Waals surface area (Å²) in [7, 11) is 0. The molecule has 2 heterocycles. The molecular weight excluding hydrogens is 305 g/mol. The summed E-state index contributed by atoms with van der Waals surface area (Å²) in [6.07, 6.45) is -0.665. The van der Waals surface area contributed by atoms with Gasteiger partial charge in [0.15, 0.2) is 0 Å². The lowest BCUT2D eigenvalue weighted by molar-refractivity contribution is -0.138. The van der Waals surface area contributed by atoms with Crippen LogP contribution in [0, 0.1) is 6.92 Å². The summed E-state index contributed by atoms with van der Waals surface area (Å²) in [4.78, 5) is 4.14. The fraction of sp³-hybridized carbons (Fsp3) is 0.353. The molecule has 0 bridgehead atoms. The van der Waals surface area contributed by atoms with E-state index in [9.17, 15) is 13.2 Å². The van der Waals surface area contributed by atoms with Crippen molar-refractivity contribution in [1.82, 2.24) is 4.98 Å². The van der Waals surface area contributed by atoms with Crippen molar-refractivity contribution in [3.05, 3.63) is 53.3 Å². The van der Waals surface area contributed by atoms with Gasteiger partial charge in [-0.1, -0.05) is 12.1 Å². The molecule has 0 spiro atoms. The molecule has 3 rings (SSSR count). The molecule has 0 amide bonds. The van der Waals surface area contributed by atoms with Crippen LogP contribution < -0.4 is 5.73 Å². The largest absolute Gasteiger partial charge is 0.416 e. The lowest BCUT2D eigenvalue weighted by Gasteiger charge is -2.16. The topological polar surface area (TPSA) is 48.1 Å². The van der Waals surface area contributed by atoms with Crippen LogP contribution in [0.25, 0.3) is 11.1 Å². The third-order valence-electron chi connectivity index (χ3n) is 4.10. The highest BCUT2D eigenvalue weighted by molar-refractivity contribution is 5.65. The van der Waals surface area contributed by atoms with Gasteiger partial charge >= 0.3 is 6.18 Å². The van der Waals surface area contributed by atoms with Gasteiger partial charge in [-0.05, 0) is 36.6 Å². The number of hydrogen-bond acceptors (Lipinski definition) is 3. The molecule has 6 heteroatoms. The van der Waals surface area contributed by atoms with Crippen LogP contribution in [0.1, 0.15) is 29.2 Å². The minimum atomic E-state index is -4.37. The maximum Gasteiger partial charge on any atom is 0.416 e. The van der Waals surface area contributed by atoms with Crippen molar-refractivity contribution in [3.8, 4) is 11.1 Å². The molecular formula is C17H17F3N2O. The van der Waals surface area contributed by atoms with Gasteiger partial charge in [0.2, 0.25) is 0 Å². The molecule has 0 radical (unpaired) electrons. The van der Waals surface area contributed by atoms with E-state index in [2.05, 4.69) is 4.98 Å². The number of benzene rings is 1. The summed E-state index contributed by atoms with van der Waals surface area (Å²) >= 11 is 0. The monoisotopic (exact) mass is 322 g/mol. The van der Waals surface area contributed by atoms with Crippen LogP contribution in [0.3, 0.4) is 0 Å². The maximum absolute atomic E-state index is 13.1. The number of halogens is 3. The van der Waals surface area contributed by atoms with Gasteiger partial charge in [0, 0.05) is 36.2 Å². The summed E-state index contributed by atoms with van der Waals surface area (Å²) < 4.78 is 44.8. The Kier molecular flexibility index (Phi) is 4.12. The standard InChI is InChI=1S/C17H17F3N2O/c1-10-2-3-11(7-14(10)17(18,19)20)12-6-13(9-22-8-12)16-15(21)4-5-23-16/h2-3,6-9,15-16H,4-5,21H2,1H3/t15-,16+/m1/s1. The van der Waals surface area contributed by atoms with Crippen molar-refractivity contribution in [2.24, 2.45) is 5.73 Å². The van der Waals surface area contributed by atoms with E-state index in [1.54, 1.807) is 24.5 Å². The van der Waals surface area contributed by atoms with Crippen molar-refractivity contribution in [2.45, 2.75) is 31.7 Å². The Balaban J connectivity index is 1.99. The van der Waals surface area contributed by atoms with Gasteiger partial charge in [-0.2, -0.15) is 13.2 Å². The minimum absolute atomic E-state index is 0.115. The molecule has 23 heavy (non-hydrogen) atoms. The fourth-order valence-electron chi connectivity index (χ4n) is 2.83. The van der Waals surface area contributed by atoms with Crippen molar-refractivity contribution in [1.29, 1.82) is 0 Å². The molecule has 2 aromatic rings. The van der Waals surface area contributed by atoms with Gasteiger partial charge in [0.05, 0.1) is 11.7 Å². The molecule has 1 saturated heterocycles. The summed E-state index contributed by atoms with van der Waals surface area (Å²) in [5, 5.41) is 0. The fourth-order valence-corrected chi connectivity index (χ4v) is 2.83. The summed E-state index contributed by atoms with van der Waals surface area (Å²) in [5.74, 6) is 0. The molecule has 1 aromatic heterocycles. The number of aromatic nitrogens is 1. The van der Waals surface area contributed by atoms with E-state index in [0.29, 0.717) is 17.7 Å². The average molecular weight is 322 g/mol.